The van der Waals surface area contributed by atoms with Gasteiger partial charge in [0.15, 0.2) is 0 Å². The lowest BCUT2D eigenvalue weighted by atomic mass is 10.1. The minimum Gasteiger partial charge on any atom is -0.406 e. The highest BCUT2D eigenvalue weighted by molar-refractivity contribution is 5.64. The first-order valence-electron chi connectivity index (χ1n) is 9.24. The van der Waals surface area contributed by atoms with Crippen LogP contribution in [0.15, 0.2) is 42.6 Å². The monoisotopic (exact) mass is 394 g/mol. The number of anilines is 1. The van der Waals surface area contributed by atoms with E-state index in [-0.39, 0.29) is 5.75 Å². The summed E-state index contributed by atoms with van der Waals surface area (Å²) in [5.41, 5.74) is 1.65. The average molecular weight is 394 g/mol. The summed E-state index contributed by atoms with van der Waals surface area (Å²) in [6, 6.07) is 9.72. The molecule has 1 aromatic heterocycles. The topological polar surface area (TPSA) is 31.8 Å². The van der Waals surface area contributed by atoms with Crippen molar-refractivity contribution in [1.82, 2.24) is 14.8 Å². The molecule has 0 atom stereocenters. The van der Waals surface area contributed by atoms with Gasteiger partial charge in [-0.15, -0.1) is 13.2 Å². The van der Waals surface area contributed by atoms with Crippen LogP contribution in [-0.4, -0.2) is 74.5 Å². The Kier molecular flexibility index (Phi) is 6.41. The molecule has 0 saturated carbocycles. The summed E-state index contributed by atoms with van der Waals surface area (Å²) >= 11 is 0. The van der Waals surface area contributed by atoms with Crippen LogP contribution in [0, 0.1) is 0 Å². The van der Waals surface area contributed by atoms with Gasteiger partial charge in [0.05, 0.1) is 0 Å². The summed E-state index contributed by atoms with van der Waals surface area (Å²) in [5, 5.41) is 0. The van der Waals surface area contributed by atoms with Gasteiger partial charge in [0.2, 0.25) is 0 Å². The van der Waals surface area contributed by atoms with Crippen molar-refractivity contribution in [2.75, 3.05) is 58.3 Å². The smallest absolute Gasteiger partial charge is 0.406 e. The third kappa shape index (κ3) is 5.84. The van der Waals surface area contributed by atoms with Gasteiger partial charge < -0.3 is 14.5 Å². The number of pyridine rings is 1. The normalized spacial score (nSPS) is 15.9. The maximum atomic E-state index is 12.2. The Hall–Kier alpha value is -2.32. The number of hydrogen-bond donors (Lipinski definition) is 0. The second-order valence-electron chi connectivity index (χ2n) is 7.11. The molecular formula is C20H25F3N4O. The third-order valence-corrected chi connectivity index (χ3v) is 4.73. The number of alkyl halides is 3. The van der Waals surface area contributed by atoms with Gasteiger partial charge in [0.25, 0.3) is 0 Å². The van der Waals surface area contributed by atoms with Crippen LogP contribution in [0.4, 0.5) is 19.0 Å². The summed E-state index contributed by atoms with van der Waals surface area (Å²) < 4.78 is 40.6. The quantitative estimate of drug-likeness (QED) is 0.750. The van der Waals surface area contributed by atoms with Crippen LogP contribution >= 0.6 is 0 Å². The van der Waals surface area contributed by atoms with Gasteiger partial charge in [0.1, 0.15) is 11.6 Å². The number of likely N-dealkylation sites (N-methyl/N-ethyl adjacent to an activating group) is 1. The van der Waals surface area contributed by atoms with Crippen LogP contribution in [0.2, 0.25) is 0 Å². The van der Waals surface area contributed by atoms with Crippen molar-refractivity contribution >= 4 is 5.82 Å². The zero-order chi connectivity index (χ0) is 20.1. The Morgan fingerprint density at radius 1 is 0.964 bits per heavy atom. The van der Waals surface area contributed by atoms with Crippen LogP contribution in [0.25, 0.3) is 11.1 Å². The number of aromatic nitrogens is 1. The molecule has 5 nitrogen and oxygen atoms in total. The van der Waals surface area contributed by atoms with E-state index in [0.717, 1.165) is 56.2 Å². The maximum Gasteiger partial charge on any atom is 0.573 e. The fraction of sp³-hybridized carbons (Fsp3) is 0.450. The SMILES string of the molecule is CN(C)CCN1CCN(c2ccc(-c3ccc(OC(F)(F)F)cc3)cn2)CC1. The fourth-order valence-corrected chi connectivity index (χ4v) is 3.13. The van der Waals surface area contributed by atoms with E-state index in [1.54, 1.807) is 18.3 Å². The molecular weight excluding hydrogens is 369 g/mol. The first-order chi connectivity index (χ1) is 13.3. The van der Waals surface area contributed by atoms with E-state index in [1.807, 2.05) is 12.1 Å². The molecule has 1 aliphatic heterocycles. The maximum absolute atomic E-state index is 12.2. The molecule has 1 aliphatic rings. The van der Waals surface area contributed by atoms with E-state index in [4.69, 9.17) is 0 Å². The molecule has 8 heteroatoms. The molecule has 3 rings (SSSR count). The van der Waals surface area contributed by atoms with Crippen molar-refractivity contribution in [3.05, 3.63) is 42.6 Å². The predicted octanol–water partition coefficient (Wildman–Crippen LogP) is 3.33. The average Bonchev–Trinajstić information content (AvgIpc) is 2.66. The largest absolute Gasteiger partial charge is 0.573 e. The second-order valence-corrected chi connectivity index (χ2v) is 7.11. The summed E-state index contributed by atoms with van der Waals surface area (Å²) in [6.07, 6.45) is -2.92. The van der Waals surface area contributed by atoms with Gasteiger partial charge in [-0.05, 0) is 43.9 Å². The first-order valence-corrected chi connectivity index (χ1v) is 9.24. The number of piperazine rings is 1. The fourth-order valence-electron chi connectivity index (χ4n) is 3.13. The van der Waals surface area contributed by atoms with Gasteiger partial charge >= 0.3 is 6.36 Å². The van der Waals surface area contributed by atoms with Gasteiger partial charge in [-0.2, -0.15) is 0 Å². The Bertz CT molecular complexity index is 740. The zero-order valence-corrected chi connectivity index (χ0v) is 16.1. The molecule has 0 N–H and O–H groups in total. The van der Waals surface area contributed by atoms with E-state index < -0.39 is 6.36 Å². The van der Waals surface area contributed by atoms with Crippen molar-refractivity contribution in [3.63, 3.8) is 0 Å². The highest BCUT2D eigenvalue weighted by atomic mass is 19.4. The van der Waals surface area contributed by atoms with Crippen LogP contribution in [0.3, 0.4) is 0 Å². The van der Waals surface area contributed by atoms with E-state index in [2.05, 4.69) is 38.5 Å². The zero-order valence-electron chi connectivity index (χ0n) is 16.1. The van der Waals surface area contributed by atoms with Gasteiger partial charge in [-0.3, -0.25) is 4.90 Å². The molecule has 1 aromatic carbocycles. The van der Waals surface area contributed by atoms with Crippen molar-refractivity contribution in [3.8, 4) is 16.9 Å². The van der Waals surface area contributed by atoms with Gasteiger partial charge in [-0.25, -0.2) is 4.98 Å². The van der Waals surface area contributed by atoms with Crippen molar-refractivity contribution in [2.45, 2.75) is 6.36 Å². The highest BCUT2D eigenvalue weighted by Crippen LogP contribution is 2.27. The second kappa shape index (κ2) is 8.79. The molecule has 152 valence electrons. The summed E-state index contributed by atoms with van der Waals surface area (Å²) in [4.78, 5) is 11.5. The summed E-state index contributed by atoms with van der Waals surface area (Å²) in [5.74, 6) is 0.695. The van der Waals surface area contributed by atoms with Crippen LogP contribution in [0.1, 0.15) is 0 Å². The molecule has 0 spiro atoms. The van der Waals surface area contributed by atoms with Crippen LogP contribution in [-0.2, 0) is 0 Å². The molecule has 28 heavy (non-hydrogen) atoms. The molecule has 2 heterocycles. The molecule has 2 aromatic rings. The Morgan fingerprint density at radius 3 is 2.14 bits per heavy atom. The molecule has 0 amide bonds. The molecule has 0 unspecified atom stereocenters. The lowest BCUT2D eigenvalue weighted by molar-refractivity contribution is -0.274. The van der Waals surface area contributed by atoms with Gasteiger partial charge in [-0.1, -0.05) is 12.1 Å². The number of rotatable bonds is 6. The number of ether oxygens (including phenoxy) is 1. The number of halogens is 3. The van der Waals surface area contributed by atoms with Crippen LogP contribution in [0.5, 0.6) is 5.75 Å². The lowest BCUT2D eigenvalue weighted by Gasteiger charge is -2.35. The lowest BCUT2D eigenvalue weighted by Crippen LogP contribution is -2.48. The molecule has 0 aliphatic carbocycles. The van der Waals surface area contributed by atoms with E-state index in [1.165, 1.54) is 12.1 Å². The number of nitrogens with zero attached hydrogens (tertiary/aromatic N) is 4. The molecule has 1 fully saturated rings. The Balaban J connectivity index is 1.57. The predicted molar refractivity (Wildman–Crippen MR) is 104 cm³/mol. The molecule has 0 bridgehead atoms. The molecule has 1 saturated heterocycles. The van der Waals surface area contributed by atoms with E-state index >= 15 is 0 Å². The number of hydrogen-bond acceptors (Lipinski definition) is 5. The summed E-state index contributed by atoms with van der Waals surface area (Å²) in [6.45, 7) is 6.02. The Morgan fingerprint density at radius 2 is 1.61 bits per heavy atom. The van der Waals surface area contributed by atoms with Crippen molar-refractivity contribution in [2.24, 2.45) is 0 Å². The van der Waals surface area contributed by atoms with Crippen molar-refractivity contribution < 1.29 is 17.9 Å². The summed E-state index contributed by atoms with van der Waals surface area (Å²) in [7, 11) is 4.16. The minimum atomic E-state index is -4.68. The standard InChI is InChI=1S/C20H25F3N4O/c1-25(2)9-10-26-11-13-27(14-12-26)19-8-5-17(15-24-19)16-3-6-18(7-4-16)28-20(21,22)23/h3-8,15H,9-14H2,1-2H3. The first kappa shape index (κ1) is 20.4. The van der Waals surface area contributed by atoms with E-state index in [9.17, 15) is 13.2 Å². The highest BCUT2D eigenvalue weighted by Gasteiger charge is 2.31. The minimum absolute atomic E-state index is 0.229. The molecule has 0 radical (unpaired) electrons. The van der Waals surface area contributed by atoms with Crippen molar-refractivity contribution in [1.29, 1.82) is 0 Å². The third-order valence-electron chi connectivity index (χ3n) is 4.73. The van der Waals surface area contributed by atoms with Gasteiger partial charge in [0, 0.05) is 51.0 Å². The van der Waals surface area contributed by atoms with E-state index in [0.29, 0.717) is 0 Å². The Labute approximate surface area is 163 Å². The van der Waals surface area contributed by atoms with Crippen LogP contribution < -0.4 is 9.64 Å². The number of benzene rings is 1.